The monoisotopic (exact) mass is 248 g/mol. The van der Waals surface area contributed by atoms with Crippen LogP contribution < -0.4 is 5.73 Å². The van der Waals surface area contributed by atoms with Crippen LogP contribution in [0, 0.1) is 10.1 Å². The molecule has 1 heterocycles. The minimum atomic E-state index is -1.26. The van der Waals surface area contributed by atoms with Crippen LogP contribution in [-0.2, 0) is 0 Å². The van der Waals surface area contributed by atoms with Crippen molar-refractivity contribution in [3.8, 4) is 11.3 Å². The van der Waals surface area contributed by atoms with E-state index < -0.39 is 10.9 Å². The lowest BCUT2D eigenvalue weighted by atomic mass is 10.1. The van der Waals surface area contributed by atoms with E-state index in [0.29, 0.717) is 5.56 Å². The van der Waals surface area contributed by atoms with Crippen molar-refractivity contribution in [2.75, 3.05) is 5.73 Å². The summed E-state index contributed by atoms with van der Waals surface area (Å²) in [6, 6.07) is 6.89. The van der Waals surface area contributed by atoms with E-state index in [1.54, 1.807) is 0 Å². The highest BCUT2D eigenvalue weighted by atomic mass is 16.6. The molecule has 1 aromatic carbocycles. The maximum atomic E-state index is 10.7. The van der Waals surface area contributed by atoms with E-state index in [-0.39, 0.29) is 22.9 Å². The fourth-order valence-corrected chi connectivity index (χ4v) is 1.46. The lowest BCUT2D eigenvalue weighted by Crippen LogP contribution is -1.97. The summed E-state index contributed by atoms with van der Waals surface area (Å²) in [4.78, 5) is 20.7. The van der Waals surface area contributed by atoms with E-state index >= 15 is 0 Å². The van der Waals surface area contributed by atoms with Gasteiger partial charge < -0.3 is 15.3 Å². The first-order chi connectivity index (χ1) is 8.49. The second-order valence-corrected chi connectivity index (χ2v) is 3.50. The van der Waals surface area contributed by atoms with Gasteiger partial charge in [0.1, 0.15) is 5.76 Å². The Morgan fingerprint density at radius 3 is 2.39 bits per heavy atom. The maximum Gasteiger partial charge on any atom is 0.374 e. The number of nitrogens with zero attached hydrogens (tertiary/aromatic N) is 1. The molecule has 0 unspecified atom stereocenters. The number of benzene rings is 1. The number of nitro groups is 1. The Morgan fingerprint density at radius 1 is 1.33 bits per heavy atom. The van der Waals surface area contributed by atoms with E-state index in [2.05, 4.69) is 0 Å². The Hall–Kier alpha value is -2.83. The van der Waals surface area contributed by atoms with E-state index in [1.165, 1.54) is 30.3 Å². The van der Waals surface area contributed by atoms with Gasteiger partial charge in [0, 0.05) is 23.8 Å². The van der Waals surface area contributed by atoms with Crippen LogP contribution in [0.2, 0.25) is 0 Å². The Balaban J connectivity index is 2.40. The molecule has 92 valence electrons. The Bertz CT molecular complexity index is 615. The Morgan fingerprint density at radius 2 is 1.94 bits per heavy atom. The predicted molar refractivity (Wildman–Crippen MR) is 62.2 cm³/mol. The summed E-state index contributed by atoms with van der Waals surface area (Å²) in [7, 11) is 0. The van der Waals surface area contributed by atoms with Crippen LogP contribution in [0.3, 0.4) is 0 Å². The number of furan rings is 1. The largest absolute Gasteiger partial charge is 0.475 e. The van der Waals surface area contributed by atoms with Crippen LogP contribution in [0.1, 0.15) is 10.6 Å². The van der Waals surface area contributed by atoms with Gasteiger partial charge in [-0.25, -0.2) is 4.79 Å². The van der Waals surface area contributed by atoms with Gasteiger partial charge in [-0.05, 0) is 12.1 Å². The van der Waals surface area contributed by atoms with Crippen LogP contribution in [0.25, 0.3) is 11.3 Å². The molecule has 1 aromatic heterocycles. The third-order valence-electron chi connectivity index (χ3n) is 2.32. The molecule has 7 heteroatoms. The molecule has 2 rings (SSSR count). The topological polar surface area (TPSA) is 120 Å². The number of aromatic carboxylic acids is 1. The second kappa shape index (κ2) is 4.21. The zero-order valence-electron chi connectivity index (χ0n) is 8.99. The molecule has 0 radical (unpaired) electrons. The lowest BCUT2D eigenvalue weighted by Gasteiger charge is -1.96. The van der Waals surface area contributed by atoms with E-state index in [0.717, 1.165) is 0 Å². The summed E-state index contributed by atoms with van der Waals surface area (Å²) in [6.07, 6.45) is 0. The van der Waals surface area contributed by atoms with E-state index in [1.807, 2.05) is 0 Å². The van der Waals surface area contributed by atoms with E-state index in [4.69, 9.17) is 15.3 Å². The molecule has 0 bridgehead atoms. The second-order valence-electron chi connectivity index (χ2n) is 3.50. The van der Waals surface area contributed by atoms with Crippen LogP contribution in [-0.4, -0.2) is 16.0 Å². The van der Waals surface area contributed by atoms with Gasteiger partial charge in [-0.3, -0.25) is 10.1 Å². The molecule has 7 nitrogen and oxygen atoms in total. The zero-order chi connectivity index (χ0) is 13.3. The summed E-state index contributed by atoms with van der Waals surface area (Å²) >= 11 is 0. The summed E-state index contributed by atoms with van der Waals surface area (Å²) in [6.45, 7) is 0. The van der Waals surface area contributed by atoms with Crippen LogP contribution >= 0.6 is 0 Å². The SMILES string of the molecule is Nc1cc(-c2ccc([N+](=O)[O-])cc2)oc1C(=O)O. The molecule has 0 aliphatic carbocycles. The smallest absolute Gasteiger partial charge is 0.374 e. The first kappa shape index (κ1) is 11.6. The molecule has 18 heavy (non-hydrogen) atoms. The lowest BCUT2D eigenvalue weighted by molar-refractivity contribution is -0.384. The standard InChI is InChI=1S/C11H8N2O5/c12-8-5-9(18-10(8)11(14)15)6-1-3-7(4-2-6)13(16)17/h1-5H,12H2,(H,14,15). The molecule has 0 amide bonds. The molecule has 3 N–H and O–H groups in total. The first-order valence-electron chi connectivity index (χ1n) is 4.86. The van der Waals surface area contributed by atoms with Gasteiger partial charge in [-0.1, -0.05) is 0 Å². The number of carboxylic acids is 1. The number of carbonyl (C=O) groups is 1. The fourth-order valence-electron chi connectivity index (χ4n) is 1.46. The number of anilines is 1. The molecule has 0 atom stereocenters. The van der Waals surface area contributed by atoms with Gasteiger partial charge in [0.2, 0.25) is 5.76 Å². The highest BCUT2D eigenvalue weighted by molar-refractivity contribution is 5.91. The third-order valence-corrected chi connectivity index (χ3v) is 2.32. The average Bonchev–Trinajstić information content (AvgIpc) is 2.71. The minimum Gasteiger partial charge on any atom is -0.475 e. The number of nitrogens with two attached hydrogens (primary N) is 1. The van der Waals surface area contributed by atoms with Crippen molar-refractivity contribution >= 4 is 17.3 Å². The minimum absolute atomic E-state index is 0.0100. The molecule has 2 aromatic rings. The number of carboxylic acid groups (broad SMARTS) is 1. The number of non-ortho nitro benzene ring substituents is 1. The van der Waals surface area contributed by atoms with Crippen molar-refractivity contribution in [1.82, 2.24) is 0 Å². The molecule has 0 saturated carbocycles. The van der Waals surface area contributed by atoms with Crippen molar-refractivity contribution < 1.29 is 19.2 Å². The van der Waals surface area contributed by atoms with Crippen LogP contribution in [0.5, 0.6) is 0 Å². The van der Waals surface area contributed by atoms with Crippen LogP contribution in [0.15, 0.2) is 34.7 Å². The predicted octanol–water partition coefficient (Wildman–Crippen LogP) is 2.14. The van der Waals surface area contributed by atoms with Gasteiger partial charge in [0.15, 0.2) is 0 Å². The molecule has 0 aliphatic heterocycles. The summed E-state index contributed by atoms with van der Waals surface area (Å²) in [5.41, 5.74) is 5.94. The van der Waals surface area contributed by atoms with Crippen LogP contribution in [0.4, 0.5) is 11.4 Å². The van der Waals surface area contributed by atoms with Crippen molar-refractivity contribution in [1.29, 1.82) is 0 Å². The average molecular weight is 248 g/mol. The molecular weight excluding hydrogens is 240 g/mol. The number of hydrogen-bond acceptors (Lipinski definition) is 5. The zero-order valence-corrected chi connectivity index (χ0v) is 8.99. The quantitative estimate of drug-likeness (QED) is 0.634. The van der Waals surface area contributed by atoms with Gasteiger partial charge in [0.25, 0.3) is 5.69 Å². The maximum absolute atomic E-state index is 10.7. The number of nitro benzene ring substituents is 1. The fraction of sp³-hybridized carbons (Fsp3) is 0. The van der Waals surface area contributed by atoms with Crippen molar-refractivity contribution in [2.45, 2.75) is 0 Å². The third kappa shape index (κ3) is 2.01. The van der Waals surface area contributed by atoms with Gasteiger partial charge in [-0.15, -0.1) is 0 Å². The highest BCUT2D eigenvalue weighted by Gasteiger charge is 2.16. The van der Waals surface area contributed by atoms with E-state index in [9.17, 15) is 14.9 Å². The summed E-state index contributed by atoms with van der Waals surface area (Å²) in [5, 5.41) is 19.3. The van der Waals surface area contributed by atoms with Gasteiger partial charge in [-0.2, -0.15) is 0 Å². The number of hydrogen-bond donors (Lipinski definition) is 2. The molecule has 0 spiro atoms. The van der Waals surface area contributed by atoms with Crippen molar-refractivity contribution in [3.05, 3.63) is 46.2 Å². The summed E-state index contributed by atoms with van der Waals surface area (Å²) in [5.74, 6) is -1.36. The normalized spacial score (nSPS) is 10.2. The molecule has 0 saturated heterocycles. The highest BCUT2D eigenvalue weighted by Crippen LogP contribution is 2.28. The molecular formula is C11H8N2O5. The van der Waals surface area contributed by atoms with Gasteiger partial charge in [0.05, 0.1) is 10.6 Å². The van der Waals surface area contributed by atoms with Crippen molar-refractivity contribution in [2.24, 2.45) is 0 Å². The number of nitrogen functional groups attached to an aromatic ring is 1. The van der Waals surface area contributed by atoms with Gasteiger partial charge >= 0.3 is 5.97 Å². The first-order valence-corrected chi connectivity index (χ1v) is 4.86. The number of rotatable bonds is 3. The van der Waals surface area contributed by atoms with Crippen molar-refractivity contribution in [3.63, 3.8) is 0 Å². The summed E-state index contributed by atoms with van der Waals surface area (Å²) < 4.78 is 5.07. The Labute approximate surface area is 101 Å². The molecule has 0 aliphatic rings. The Kier molecular flexibility index (Phi) is 2.72. The molecule has 0 fully saturated rings.